The molecule has 1 saturated carbocycles. The van der Waals surface area contributed by atoms with Crippen LogP contribution >= 0.6 is 0 Å². The molecule has 1 fully saturated rings. The Kier molecular flexibility index (Phi) is 4.61. The van der Waals surface area contributed by atoms with Crippen LogP contribution in [0.5, 0.6) is 0 Å². The molecular formula is C11H19F3N2O2. The Morgan fingerprint density at radius 2 is 2.00 bits per heavy atom. The van der Waals surface area contributed by atoms with Crippen molar-refractivity contribution in [1.29, 1.82) is 0 Å². The van der Waals surface area contributed by atoms with Gasteiger partial charge in [0.25, 0.3) is 0 Å². The van der Waals surface area contributed by atoms with Crippen LogP contribution in [0.1, 0.15) is 26.2 Å². The van der Waals surface area contributed by atoms with E-state index in [1.807, 2.05) is 0 Å². The highest BCUT2D eigenvalue weighted by Crippen LogP contribution is 2.24. The second-order valence-electron chi connectivity index (χ2n) is 5.16. The monoisotopic (exact) mass is 268 g/mol. The van der Waals surface area contributed by atoms with E-state index in [1.165, 1.54) is 14.0 Å². The van der Waals surface area contributed by atoms with Crippen LogP contribution in [0, 0.1) is 0 Å². The molecule has 0 aromatic rings. The number of aliphatic carboxylic acids is 1. The van der Waals surface area contributed by atoms with Crippen LogP contribution in [-0.2, 0) is 4.79 Å². The molecule has 0 bridgehead atoms. The first kappa shape index (κ1) is 15.2. The van der Waals surface area contributed by atoms with Crippen molar-refractivity contribution in [3.05, 3.63) is 0 Å². The van der Waals surface area contributed by atoms with E-state index in [2.05, 4.69) is 5.32 Å². The first-order valence-electron chi connectivity index (χ1n) is 5.89. The molecule has 1 unspecified atom stereocenters. The molecule has 0 spiro atoms. The van der Waals surface area contributed by atoms with Crippen LogP contribution in [0.25, 0.3) is 0 Å². The van der Waals surface area contributed by atoms with Gasteiger partial charge in [0.1, 0.15) is 5.54 Å². The number of carboxylic acid groups (broad SMARTS) is 1. The number of halogens is 3. The molecule has 0 aromatic carbocycles. The van der Waals surface area contributed by atoms with Crippen molar-refractivity contribution in [2.75, 3.05) is 20.1 Å². The fraction of sp³-hybridized carbons (Fsp3) is 0.909. The molecule has 0 aromatic heterocycles. The minimum atomic E-state index is -4.25. The molecule has 2 N–H and O–H groups in total. The summed E-state index contributed by atoms with van der Waals surface area (Å²) in [7, 11) is 1.34. The van der Waals surface area contributed by atoms with Gasteiger partial charge in [0.2, 0.25) is 0 Å². The number of hydrogen-bond donors (Lipinski definition) is 2. The van der Waals surface area contributed by atoms with E-state index in [0.29, 0.717) is 0 Å². The molecule has 0 aliphatic heterocycles. The van der Waals surface area contributed by atoms with E-state index in [4.69, 9.17) is 5.11 Å². The SMILES string of the molecule is CN(CCC(C)(NC1CC1)C(=O)O)CC(F)(F)F. The molecule has 0 heterocycles. The van der Waals surface area contributed by atoms with Gasteiger partial charge in [-0.25, -0.2) is 0 Å². The van der Waals surface area contributed by atoms with Gasteiger partial charge >= 0.3 is 12.1 Å². The van der Waals surface area contributed by atoms with E-state index < -0.39 is 24.2 Å². The highest BCUT2D eigenvalue weighted by atomic mass is 19.4. The first-order valence-corrected chi connectivity index (χ1v) is 5.89. The molecule has 1 aliphatic rings. The number of rotatable bonds is 7. The molecule has 0 saturated heterocycles. The van der Waals surface area contributed by atoms with Gasteiger partial charge in [0, 0.05) is 12.6 Å². The molecule has 1 rings (SSSR count). The lowest BCUT2D eigenvalue weighted by molar-refractivity contribution is -0.147. The molecule has 1 atom stereocenters. The van der Waals surface area contributed by atoms with E-state index in [9.17, 15) is 18.0 Å². The summed E-state index contributed by atoms with van der Waals surface area (Å²) in [5.74, 6) is -1.02. The van der Waals surface area contributed by atoms with Crippen molar-refractivity contribution in [3.63, 3.8) is 0 Å². The molecule has 1 aliphatic carbocycles. The maximum Gasteiger partial charge on any atom is 0.401 e. The minimum absolute atomic E-state index is 0.0853. The second kappa shape index (κ2) is 5.44. The molecule has 106 valence electrons. The highest BCUT2D eigenvalue weighted by Gasteiger charge is 2.39. The Labute approximate surface area is 104 Å². The second-order valence-corrected chi connectivity index (χ2v) is 5.16. The topological polar surface area (TPSA) is 52.6 Å². The molecule has 0 radical (unpaired) electrons. The van der Waals surface area contributed by atoms with E-state index in [0.717, 1.165) is 17.7 Å². The molecule has 7 heteroatoms. The number of alkyl halides is 3. The summed E-state index contributed by atoms with van der Waals surface area (Å²) in [5, 5.41) is 12.1. The Balaban J connectivity index is 2.44. The van der Waals surface area contributed by atoms with E-state index >= 15 is 0 Å². The third-order valence-electron chi connectivity index (χ3n) is 3.01. The van der Waals surface area contributed by atoms with Gasteiger partial charge in [-0.2, -0.15) is 13.2 Å². The van der Waals surface area contributed by atoms with Gasteiger partial charge < -0.3 is 5.11 Å². The zero-order valence-corrected chi connectivity index (χ0v) is 10.5. The van der Waals surface area contributed by atoms with Crippen LogP contribution in [0.15, 0.2) is 0 Å². The standard InChI is InChI=1S/C11H19F3N2O2/c1-10(9(17)18,15-8-3-4-8)5-6-16(2)7-11(12,13)14/h8,15H,3-7H2,1-2H3,(H,17,18). The van der Waals surface area contributed by atoms with Crippen LogP contribution in [-0.4, -0.2) is 53.9 Å². The third kappa shape index (κ3) is 5.22. The van der Waals surface area contributed by atoms with Crippen molar-refractivity contribution < 1.29 is 23.1 Å². The number of carboxylic acids is 1. The van der Waals surface area contributed by atoms with Crippen molar-refractivity contribution in [2.45, 2.75) is 43.9 Å². The quantitative estimate of drug-likeness (QED) is 0.734. The van der Waals surface area contributed by atoms with Crippen LogP contribution in [0.4, 0.5) is 13.2 Å². The fourth-order valence-corrected chi connectivity index (χ4v) is 1.72. The van der Waals surface area contributed by atoms with E-state index in [-0.39, 0.29) is 19.0 Å². The smallest absolute Gasteiger partial charge is 0.401 e. The van der Waals surface area contributed by atoms with Crippen molar-refractivity contribution in [2.24, 2.45) is 0 Å². The zero-order chi connectivity index (χ0) is 14.0. The number of carbonyl (C=O) groups is 1. The Morgan fingerprint density at radius 1 is 1.44 bits per heavy atom. The predicted octanol–water partition coefficient (Wildman–Crippen LogP) is 1.47. The lowest BCUT2D eigenvalue weighted by Crippen LogP contribution is -2.52. The average molecular weight is 268 g/mol. The summed E-state index contributed by atoms with van der Waals surface area (Å²) in [6, 6.07) is 0.194. The maximum absolute atomic E-state index is 12.1. The zero-order valence-electron chi connectivity index (χ0n) is 10.5. The third-order valence-corrected chi connectivity index (χ3v) is 3.01. The van der Waals surface area contributed by atoms with Gasteiger partial charge in [-0.3, -0.25) is 15.0 Å². The molecule has 4 nitrogen and oxygen atoms in total. The van der Waals surface area contributed by atoms with Gasteiger partial charge in [0.05, 0.1) is 6.54 Å². The predicted molar refractivity (Wildman–Crippen MR) is 60.4 cm³/mol. The Bertz CT molecular complexity index is 305. The molecule has 18 heavy (non-hydrogen) atoms. The summed E-state index contributed by atoms with van der Waals surface area (Å²) >= 11 is 0. The number of hydrogen-bond acceptors (Lipinski definition) is 3. The summed E-state index contributed by atoms with van der Waals surface area (Å²) in [4.78, 5) is 12.3. The number of nitrogens with one attached hydrogen (secondary N) is 1. The average Bonchev–Trinajstić information content (AvgIpc) is 2.95. The Hall–Kier alpha value is -0.820. The lowest BCUT2D eigenvalue weighted by atomic mass is 9.97. The lowest BCUT2D eigenvalue weighted by Gasteiger charge is -2.29. The fourth-order valence-electron chi connectivity index (χ4n) is 1.72. The van der Waals surface area contributed by atoms with Crippen molar-refractivity contribution in [3.8, 4) is 0 Å². The van der Waals surface area contributed by atoms with Gasteiger partial charge in [0.15, 0.2) is 0 Å². The summed E-state index contributed by atoms with van der Waals surface area (Å²) in [6.45, 7) is 0.587. The molecule has 0 amide bonds. The van der Waals surface area contributed by atoms with E-state index in [1.54, 1.807) is 0 Å². The first-order chi connectivity index (χ1) is 8.12. The summed E-state index contributed by atoms with van der Waals surface area (Å²) < 4.78 is 36.4. The van der Waals surface area contributed by atoms with Crippen LogP contribution in [0.2, 0.25) is 0 Å². The van der Waals surface area contributed by atoms with Crippen LogP contribution < -0.4 is 5.32 Å². The highest BCUT2D eigenvalue weighted by molar-refractivity contribution is 5.78. The van der Waals surface area contributed by atoms with Crippen molar-refractivity contribution in [1.82, 2.24) is 10.2 Å². The van der Waals surface area contributed by atoms with Gasteiger partial charge in [-0.05, 0) is 33.2 Å². The van der Waals surface area contributed by atoms with Crippen molar-refractivity contribution >= 4 is 5.97 Å². The largest absolute Gasteiger partial charge is 0.480 e. The van der Waals surface area contributed by atoms with Gasteiger partial charge in [-0.15, -0.1) is 0 Å². The Morgan fingerprint density at radius 3 is 2.39 bits per heavy atom. The minimum Gasteiger partial charge on any atom is -0.480 e. The number of nitrogens with zero attached hydrogens (tertiary/aromatic N) is 1. The van der Waals surface area contributed by atoms with Gasteiger partial charge in [-0.1, -0.05) is 0 Å². The van der Waals surface area contributed by atoms with Crippen LogP contribution in [0.3, 0.4) is 0 Å². The summed E-state index contributed by atoms with van der Waals surface area (Å²) in [6.07, 6.45) is -2.24. The summed E-state index contributed by atoms with van der Waals surface area (Å²) in [5.41, 5.74) is -1.15. The normalized spacial score (nSPS) is 19.9. The molecular weight excluding hydrogens is 249 g/mol. The maximum atomic E-state index is 12.1.